The Kier molecular flexibility index (Phi) is 5.19. The Bertz CT molecular complexity index is 274. The van der Waals surface area contributed by atoms with Crippen LogP contribution in [0.4, 0.5) is 0 Å². The number of halogens is 1. The van der Waals surface area contributed by atoms with Gasteiger partial charge in [0.2, 0.25) is 0 Å². The molecule has 1 N–H and O–H groups in total. The monoisotopic (exact) mass is 275 g/mol. The van der Waals surface area contributed by atoms with E-state index < -0.39 is 0 Å². The zero-order chi connectivity index (χ0) is 10.4. The summed E-state index contributed by atoms with van der Waals surface area (Å²) in [5, 5.41) is 4.80. The lowest BCUT2D eigenvalue weighted by Gasteiger charge is -2.08. The number of hydrogen-bond donors (Lipinski definition) is 1. The standard InChI is InChI=1S/C10H14BrNOS/c1-2-4-8(11)7-12-10(13)9-5-3-6-14-9/h3,5-6,8H,2,4,7H2,1H3,(H,12,13). The normalized spacial score (nSPS) is 12.4. The van der Waals surface area contributed by atoms with Gasteiger partial charge in [0, 0.05) is 11.4 Å². The summed E-state index contributed by atoms with van der Waals surface area (Å²) in [7, 11) is 0. The number of thiophene rings is 1. The van der Waals surface area contributed by atoms with Crippen LogP contribution in [0.1, 0.15) is 29.4 Å². The summed E-state index contributed by atoms with van der Waals surface area (Å²) in [5.74, 6) is 0.0283. The molecular weight excluding hydrogens is 262 g/mol. The Morgan fingerprint density at radius 3 is 3.07 bits per heavy atom. The van der Waals surface area contributed by atoms with Crippen molar-refractivity contribution in [2.75, 3.05) is 6.54 Å². The first kappa shape index (κ1) is 11.7. The van der Waals surface area contributed by atoms with Crippen molar-refractivity contribution in [1.29, 1.82) is 0 Å². The number of carbonyl (C=O) groups excluding carboxylic acids is 1. The Morgan fingerprint density at radius 2 is 2.50 bits per heavy atom. The summed E-state index contributed by atoms with van der Waals surface area (Å²) in [6.07, 6.45) is 2.22. The van der Waals surface area contributed by atoms with E-state index in [4.69, 9.17) is 0 Å². The van der Waals surface area contributed by atoms with E-state index in [0.29, 0.717) is 11.4 Å². The maximum atomic E-state index is 11.5. The highest BCUT2D eigenvalue weighted by molar-refractivity contribution is 9.09. The molecule has 0 aliphatic carbocycles. The number of hydrogen-bond acceptors (Lipinski definition) is 2. The van der Waals surface area contributed by atoms with Crippen LogP contribution in [0.25, 0.3) is 0 Å². The van der Waals surface area contributed by atoms with Crippen molar-refractivity contribution in [2.45, 2.75) is 24.6 Å². The van der Waals surface area contributed by atoms with E-state index in [-0.39, 0.29) is 5.91 Å². The van der Waals surface area contributed by atoms with Crippen LogP contribution in [-0.4, -0.2) is 17.3 Å². The fourth-order valence-corrected chi connectivity index (χ4v) is 2.37. The van der Waals surface area contributed by atoms with Crippen molar-refractivity contribution in [3.63, 3.8) is 0 Å². The second kappa shape index (κ2) is 6.19. The van der Waals surface area contributed by atoms with Gasteiger partial charge < -0.3 is 5.32 Å². The van der Waals surface area contributed by atoms with E-state index in [1.165, 1.54) is 11.3 Å². The van der Waals surface area contributed by atoms with E-state index in [9.17, 15) is 4.79 Å². The third-order valence-corrected chi connectivity index (χ3v) is 3.48. The third-order valence-electron chi connectivity index (χ3n) is 1.83. The number of alkyl halides is 1. The van der Waals surface area contributed by atoms with Gasteiger partial charge in [0.25, 0.3) is 5.91 Å². The highest BCUT2D eigenvalue weighted by atomic mass is 79.9. The van der Waals surface area contributed by atoms with Crippen LogP contribution in [0.3, 0.4) is 0 Å². The molecule has 0 aliphatic heterocycles. The van der Waals surface area contributed by atoms with E-state index in [2.05, 4.69) is 28.2 Å². The average Bonchev–Trinajstić information content (AvgIpc) is 2.67. The lowest BCUT2D eigenvalue weighted by atomic mass is 10.2. The molecule has 0 bridgehead atoms. The molecule has 1 aromatic rings. The van der Waals surface area contributed by atoms with Crippen LogP contribution in [0.2, 0.25) is 0 Å². The predicted molar refractivity (Wildman–Crippen MR) is 64.3 cm³/mol. The van der Waals surface area contributed by atoms with Gasteiger partial charge in [-0.3, -0.25) is 4.79 Å². The minimum Gasteiger partial charge on any atom is -0.350 e. The molecule has 1 heterocycles. The minimum atomic E-state index is 0.0283. The minimum absolute atomic E-state index is 0.0283. The molecule has 0 aliphatic rings. The van der Waals surface area contributed by atoms with Gasteiger partial charge in [-0.25, -0.2) is 0 Å². The molecule has 0 spiro atoms. The molecule has 1 amide bonds. The molecule has 1 unspecified atom stereocenters. The second-order valence-electron chi connectivity index (χ2n) is 3.07. The Morgan fingerprint density at radius 1 is 1.71 bits per heavy atom. The molecule has 0 fully saturated rings. The molecule has 0 saturated heterocycles. The number of amides is 1. The van der Waals surface area contributed by atoms with Crippen molar-refractivity contribution < 1.29 is 4.79 Å². The smallest absolute Gasteiger partial charge is 0.261 e. The zero-order valence-corrected chi connectivity index (χ0v) is 10.5. The van der Waals surface area contributed by atoms with E-state index in [0.717, 1.165) is 17.7 Å². The first-order valence-corrected chi connectivity index (χ1v) is 6.49. The topological polar surface area (TPSA) is 29.1 Å². The summed E-state index contributed by atoms with van der Waals surface area (Å²) in [6, 6.07) is 3.72. The van der Waals surface area contributed by atoms with Gasteiger partial charge in [0.1, 0.15) is 0 Å². The number of carbonyl (C=O) groups is 1. The van der Waals surface area contributed by atoms with Crippen molar-refractivity contribution >= 4 is 33.2 Å². The molecule has 0 radical (unpaired) electrons. The van der Waals surface area contributed by atoms with Crippen LogP contribution < -0.4 is 5.32 Å². The lowest BCUT2D eigenvalue weighted by molar-refractivity contribution is 0.0957. The van der Waals surface area contributed by atoms with Gasteiger partial charge in [-0.05, 0) is 17.9 Å². The van der Waals surface area contributed by atoms with E-state index in [1.54, 1.807) is 0 Å². The average molecular weight is 276 g/mol. The quantitative estimate of drug-likeness (QED) is 0.823. The van der Waals surface area contributed by atoms with Crippen LogP contribution in [0.5, 0.6) is 0 Å². The molecule has 2 nitrogen and oxygen atoms in total. The van der Waals surface area contributed by atoms with Crippen molar-refractivity contribution in [1.82, 2.24) is 5.32 Å². The van der Waals surface area contributed by atoms with Gasteiger partial charge in [-0.15, -0.1) is 11.3 Å². The maximum absolute atomic E-state index is 11.5. The highest BCUT2D eigenvalue weighted by Gasteiger charge is 2.08. The third kappa shape index (κ3) is 3.80. The summed E-state index contributed by atoms with van der Waals surface area (Å²) >= 11 is 4.99. The number of rotatable bonds is 5. The molecule has 1 atom stereocenters. The first-order chi connectivity index (χ1) is 6.74. The Balaban J connectivity index is 2.28. The highest BCUT2D eigenvalue weighted by Crippen LogP contribution is 2.09. The summed E-state index contributed by atoms with van der Waals surface area (Å²) in [4.78, 5) is 12.7. The molecule has 1 aromatic heterocycles. The van der Waals surface area contributed by atoms with Crippen molar-refractivity contribution in [3.8, 4) is 0 Å². The van der Waals surface area contributed by atoms with Crippen LogP contribution in [-0.2, 0) is 0 Å². The second-order valence-corrected chi connectivity index (χ2v) is 5.32. The zero-order valence-electron chi connectivity index (χ0n) is 8.13. The van der Waals surface area contributed by atoms with E-state index in [1.807, 2.05) is 17.5 Å². The molecule has 78 valence electrons. The van der Waals surface area contributed by atoms with Crippen LogP contribution >= 0.6 is 27.3 Å². The summed E-state index contributed by atoms with van der Waals surface area (Å²) < 4.78 is 0. The molecular formula is C10H14BrNOS. The van der Waals surface area contributed by atoms with Crippen LogP contribution in [0, 0.1) is 0 Å². The van der Waals surface area contributed by atoms with Gasteiger partial charge in [0.15, 0.2) is 0 Å². The fraction of sp³-hybridized carbons (Fsp3) is 0.500. The summed E-state index contributed by atoms with van der Waals surface area (Å²) in [6.45, 7) is 2.83. The largest absolute Gasteiger partial charge is 0.350 e. The van der Waals surface area contributed by atoms with Crippen molar-refractivity contribution in [2.24, 2.45) is 0 Å². The molecule has 0 aromatic carbocycles. The predicted octanol–water partition coefficient (Wildman–Crippen LogP) is 3.04. The first-order valence-electron chi connectivity index (χ1n) is 4.69. The summed E-state index contributed by atoms with van der Waals surface area (Å²) in [5.41, 5.74) is 0. The fourth-order valence-electron chi connectivity index (χ4n) is 1.11. The molecule has 14 heavy (non-hydrogen) atoms. The lowest BCUT2D eigenvalue weighted by Crippen LogP contribution is -2.28. The van der Waals surface area contributed by atoms with Gasteiger partial charge in [0.05, 0.1) is 4.88 Å². The van der Waals surface area contributed by atoms with Gasteiger partial charge >= 0.3 is 0 Å². The molecule has 0 saturated carbocycles. The van der Waals surface area contributed by atoms with Gasteiger partial charge in [-0.1, -0.05) is 35.3 Å². The SMILES string of the molecule is CCCC(Br)CNC(=O)c1cccs1. The maximum Gasteiger partial charge on any atom is 0.261 e. The van der Waals surface area contributed by atoms with Crippen molar-refractivity contribution in [3.05, 3.63) is 22.4 Å². The van der Waals surface area contributed by atoms with E-state index >= 15 is 0 Å². The van der Waals surface area contributed by atoms with Crippen LogP contribution in [0.15, 0.2) is 17.5 Å². The Hall–Kier alpha value is -0.350. The Labute approximate surface area is 96.8 Å². The number of nitrogens with one attached hydrogen (secondary N) is 1. The van der Waals surface area contributed by atoms with Gasteiger partial charge in [-0.2, -0.15) is 0 Å². The molecule has 1 rings (SSSR count). The molecule has 4 heteroatoms.